The maximum Gasteiger partial charge on any atom is 0.0127 e. The monoisotopic (exact) mass is 292 g/mol. The highest BCUT2D eigenvalue weighted by atomic mass is 15.2. The lowest BCUT2D eigenvalue weighted by molar-refractivity contribution is -0.0369. The molecule has 2 bridgehead atoms. The molecule has 122 valence electrons. The highest BCUT2D eigenvalue weighted by Gasteiger charge is 2.42. The summed E-state index contributed by atoms with van der Waals surface area (Å²) in [5, 5.41) is 3.74. The van der Waals surface area contributed by atoms with E-state index in [-0.39, 0.29) is 0 Å². The number of hydrogen-bond donors (Lipinski definition) is 1. The molecule has 2 aliphatic heterocycles. The Morgan fingerprint density at radius 1 is 0.905 bits per heavy atom. The van der Waals surface area contributed by atoms with Crippen LogP contribution in [0.2, 0.25) is 0 Å². The lowest BCUT2D eigenvalue weighted by Gasteiger charge is -2.54. The number of nitrogens with zero attached hydrogens (tertiary/aromatic N) is 1. The summed E-state index contributed by atoms with van der Waals surface area (Å²) in [7, 11) is 0. The highest BCUT2D eigenvalue weighted by Crippen LogP contribution is 2.40. The molecule has 0 amide bonds. The second kappa shape index (κ2) is 7.46. The van der Waals surface area contributed by atoms with Crippen LogP contribution in [0.1, 0.15) is 84.5 Å². The lowest BCUT2D eigenvalue weighted by atomic mass is 9.75. The normalized spacial score (nSPS) is 36.6. The molecule has 0 aromatic heterocycles. The van der Waals surface area contributed by atoms with Crippen LogP contribution >= 0.6 is 0 Å². The van der Waals surface area contributed by atoms with Crippen molar-refractivity contribution in [2.45, 2.75) is 109 Å². The van der Waals surface area contributed by atoms with Crippen LogP contribution in [0.4, 0.5) is 0 Å². The first-order valence-electron chi connectivity index (χ1n) is 9.84. The van der Waals surface area contributed by atoms with Crippen LogP contribution in [0.3, 0.4) is 0 Å². The van der Waals surface area contributed by atoms with E-state index in [1.54, 1.807) is 0 Å². The number of piperidine rings is 2. The largest absolute Gasteiger partial charge is 0.314 e. The molecule has 2 heteroatoms. The Balaban J connectivity index is 1.70. The third kappa shape index (κ3) is 3.47. The summed E-state index contributed by atoms with van der Waals surface area (Å²) in [5.41, 5.74) is 0. The van der Waals surface area contributed by atoms with Crippen molar-refractivity contribution in [1.29, 1.82) is 0 Å². The summed E-state index contributed by atoms with van der Waals surface area (Å²) in [4.78, 5) is 3.04. The molecule has 2 heterocycles. The molecule has 3 unspecified atom stereocenters. The molecule has 3 atom stereocenters. The first-order valence-corrected chi connectivity index (χ1v) is 9.84. The minimum Gasteiger partial charge on any atom is -0.314 e. The first-order chi connectivity index (χ1) is 10.3. The molecule has 2 saturated heterocycles. The van der Waals surface area contributed by atoms with Gasteiger partial charge in [0.25, 0.3) is 0 Å². The molecule has 21 heavy (non-hydrogen) atoms. The molecule has 1 aliphatic carbocycles. The molecule has 3 fully saturated rings. The van der Waals surface area contributed by atoms with E-state index in [1.165, 1.54) is 70.6 Å². The Labute approximate surface area is 132 Å². The highest BCUT2D eigenvalue weighted by molar-refractivity contribution is 4.99. The lowest BCUT2D eigenvalue weighted by Crippen LogP contribution is -2.61. The van der Waals surface area contributed by atoms with Crippen LogP contribution in [-0.2, 0) is 0 Å². The number of hydrogen-bond acceptors (Lipinski definition) is 2. The second-order valence-corrected chi connectivity index (χ2v) is 7.79. The first kappa shape index (κ1) is 15.8. The third-order valence-electron chi connectivity index (χ3n) is 6.52. The van der Waals surface area contributed by atoms with Gasteiger partial charge in [0.2, 0.25) is 0 Å². The van der Waals surface area contributed by atoms with Crippen LogP contribution < -0.4 is 5.32 Å². The molecule has 0 aromatic carbocycles. The second-order valence-electron chi connectivity index (χ2n) is 7.79. The van der Waals surface area contributed by atoms with Crippen molar-refractivity contribution in [3.63, 3.8) is 0 Å². The predicted octanol–water partition coefficient (Wildman–Crippen LogP) is 4.34. The SMILES string of the molecule is CCNC1CC2CCCC(C1)N2C(CC)C1CCCCC1. The predicted molar refractivity (Wildman–Crippen MR) is 90.6 cm³/mol. The maximum absolute atomic E-state index is 3.74. The van der Waals surface area contributed by atoms with Gasteiger partial charge in [-0.25, -0.2) is 0 Å². The van der Waals surface area contributed by atoms with Gasteiger partial charge in [-0.05, 0) is 57.4 Å². The molecule has 0 aromatic rings. The summed E-state index contributed by atoms with van der Waals surface area (Å²) in [6.07, 6.45) is 16.1. The molecule has 0 radical (unpaired) electrons. The number of rotatable bonds is 5. The van der Waals surface area contributed by atoms with Crippen LogP contribution in [0.25, 0.3) is 0 Å². The Morgan fingerprint density at radius 3 is 2.14 bits per heavy atom. The number of nitrogens with one attached hydrogen (secondary N) is 1. The van der Waals surface area contributed by atoms with Gasteiger partial charge in [-0.1, -0.05) is 39.5 Å². The summed E-state index contributed by atoms with van der Waals surface area (Å²) in [5.74, 6) is 1.00. The van der Waals surface area contributed by atoms with Crippen LogP contribution in [0, 0.1) is 5.92 Å². The van der Waals surface area contributed by atoms with E-state index in [1.807, 2.05) is 0 Å². The van der Waals surface area contributed by atoms with Crippen molar-refractivity contribution in [2.24, 2.45) is 5.92 Å². The van der Waals surface area contributed by atoms with Crippen molar-refractivity contribution < 1.29 is 0 Å². The minimum atomic E-state index is 0.797. The van der Waals surface area contributed by atoms with Crippen LogP contribution in [0.5, 0.6) is 0 Å². The van der Waals surface area contributed by atoms with Crippen molar-refractivity contribution in [3.05, 3.63) is 0 Å². The smallest absolute Gasteiger partial charge is 0.0127 e. The molecule has 3 rings (SSSR count). The molecule has 0 spiro atoms. The fraction of sp³-hybridized carbons (Fsp3) is 1.00. The van der Waals surface area contributed by atoms with E-state index in [0.29, 0.717) is 0 Å². The van der Waals surface area contributed by atoms with Gasteiger partial charge in [0.05, 0.1) is 0 Å². The zero-order valence-electron chi connectivity index (χ0n) is 14.3. The summed E-state index contributed by atoms with van der Waals surface area (Å²) < 4.78 is 0. The summed E-state index contributed by atoms with van der Waals surface area (Å²) in [6, 6.07) is 3.45. The fourth-order valence-corrected chi connectivity index (χ4v) is 5.72. The summed E-state index contributed by atoms with van der Waals surface area (Å²) >= 11 is 0. The fourth-order valence-electron chi connectivity index (χ4n) is 5.72. The van der Waals surface area contributed by atoms with E-state index in [9.17, 15) is 0 Å². The summed E-state index contributed by atoms with van der Waals surface area (Å²) in [6.45, 7) is 5.86. The molecule has 1 saturated carbocycles. The van der Waals surface area contributed by atoms with Gasteiger partial charge >= 0.3 is 0 Å². The van der Waals surface area contributed by atoms with E-state index >= 15 is 0 Å². The van der Waals surface area contributed by atoms with Crippen molar-refractivity contribution in [3.8, 4) is 0 Å². The van der Waals surface area contributed by atoms with E-state index < -0.39 is 0 Å². The Hall–Kier alpha value is -0.0800. The Kier molecular flexibility index (Phi) is 5.61. The van der Waals surface area contributed by atoms with Gasteiger partial charge in [-0.2, -0.15) is 0 Å². The molecular formula is C19H36N2. The standard InChI is InChI=1S/C19H36N2/c1-3-19(15-9-6-5-7-10-15)21-17-11-8-12-18(21)14-16(13-17)20-4-2/h15-20H,3-14H2,1-2H3. The van der Waals surface area contributed by atoms with Crippen LogP contribution in [0.15, 0.2) is 0 Å². The van der Waals surface area contributed by atoms with Gasteiger partial charge in [0.15, 0.2) is 0 Å². The van der Waals surface area contributed by atoms with E-state index in [0.717, 1.165) is 36.6 Å². The zero-order chi connectivity index (χ0) is 14.7. The number of fused-ring (bicyclic) bond motifs is 2. The third-order valence-corrected chi connectivity index (χ3v) is 6.52. The minimum absolute atomic E-state index is 0.797. The van der Waals surface area contributed by atoms with Gasteiger partial charge in [-0.3, -0.25) is 4.90 Å². The van der Waals surface area contributed by atoms with E-state index in [2.05, 4.69) is 24.1 Å². The van der Waals surface area contributed by atoms with Gasteiger partial charge < -0.3 is 5.32 Å². The Morgan fingerprint density at radius 2 is 1.57 bits per heavy atom. The van der Waals surface area contributed by atoms with Crippen molar-refractivity contribution in [2.75, 3.05) is 6.54 Å². The van der Waals surface area contributed by atoms with Crippen molar-refractivity contribution in [1.82, 2.24) is 10.2 Å². The van der Waals surface area contributed by atoms with Crippen molar-refractivity contribution >= 4 is 0 Å². The van der Waals surface area contributed by atoms with Gasteiger partial charge in [0.1, 0.15) is 0 Å². The zero-order valence-corrected chi connectivity index (χ0v) is 14.3. The maximum atomic E-state index is 3.74. The molecule has 1 N–H and O–H groups in total. The van der Waals surface area contributed by atoms with Crippen LogP contribution in [-0.4, -0.2) is 35.6 Å². The molecular weight excluding hydrogens is 256 g/mol. The average molecular weight is 293 g/mol. The molecule has 2 nitrogen and oxygen atoms in total. The van der Waals surface area contributed by atoms with Gasteiger partial charge in [-0.15, -0.1) is 0 Å². The quantitative estimate of drug-likeness (QED) is 0.811. The molecule has 3 aliphatic rings. The van der Waals surface area contributed by atoms with Gasteiger partial charge in [0, 0.05) is 24.2 Å². The van der Waals surface area contributed by atoms with E-state index in [4.69, 9.17) is 0 Å². The average Bonchev–Trinajstić information content (AvgIpc) is 2.50. The topological polar surface area (TPSA) is 15.3 Å². The Bertz CT molecular complexity index is 297.